The summed E-state index contributed by atoms with van der Waals surface area (Å²) >= 11 is 6.22. The van der Waals surface area contributed by atoms with Crippen molar-refractivity contribution < 1.29 is 24.0 Å². The number of hydrogen-bond acceptors (Lipinski definition) is 7. The molecular formula is C20H18N2O6S2. The average Bonchev–Trinajstić information content (AvgIpc) is 3.25. The molecule has 0 saturated carbocycles. The molecule has 3 rings (SSSR count). The van der Waals surface area contributed by atoms with Gasteiger partial charge in [0, 0.05) is 12.1 Å². The Kier molecular flexibility index (Phi) is 6.37. The lowest BCUT2D eigenvalue weighted by molar-refractivity contribution is -0.384. The van der Waals surface area contributed by atoms with Crippen molar-refractivity contribution in [1.82, 2.24) is 4.90 Å². The van der Waals surface area contributed by atoms with E-state index in [1.165, 1.54) is 12.1 Å². The number of benzene rings is 1. The van der Waals surface area contributed by atoms with Gasteiger partial charge in [-0.3, -0.25) is 19.8 Å². The van der Waals surface area contributed by atoms with Crippen LogP contribution in [-0.2, 0) is 9.59 Å². The summed E-state index contributed by atoms with van der Waals surface area (Å²) in [5, 5.41) is 20.8. The number of nitro groups is 1. The van der Waals surface area contributed by atoms with Crippen LogP contribution in [0.1, 0.15) is 31.1 Å². The molecule has 1 aromatic heterocycles. The van der Waals surface area contributed by atoms with Gasteiger partial charge in [0.2, 0.25) is 0 Å². The third kappa shape index (κ3) is 4.29. The van der Waals surface area contributed by atoms with E-state index >= 15 is 0 Å². The Labute approximate surface area is 181 Å². The highest BCUT2D eigenvalue weighted by Crippen LogP contribution is 2.37. The van der Waals surface area contributed by atoms with Crippen LogP contribution in [0.4, 0.5) is 5.69 Å². The van der Waals surface area contributed by atoms with Gasteiger partial charge >= 0.3 is 5.97 Å². The molecule has 2 aromatic rings. The monoisotopic (exact) mass is 446 g/mol. The molecule has 1 aliphatic rings. The van der Waals surface area contributed by atoms with Crippen LogP contribution in [0.15, 0.2) is 39.7 Å². The third-order valence-electron chi connectivity index (χ3n) is 4.50. The number of nitrogens with zero attached hydrogens (tertiary/aromatic N) is 2. The predicted octanol–water partition coefficient (Wildman–Crippen LogP) is 4.62. The van der Waals surface area contributed by atoms with Crippen LogP contribution >= 0.6 is 24.0 Å². The second-order valence-corrected chi connectivity index (χ2v) is 8.35. The maximum Gasteiger partial charge on any atom is 0.326 e. The van der Waals surface area contributed by atoms with Crippen molar-refractivity contribution in [2.45, 2.75) is 32.7 Å². The van der Waals surface area contributed by atoms with Gasteiger partial charge in [-0.25, -0.2) is 4.79 Å². The Bertz CT molecular complexity index is 1070. The summed E-state index contributed by atoms with van der Waals surface area (Å²) in [6.07, 6.45) is 2.34. The normalized spacial score (nSPS) is 16.3. The Morgan fingerprint density at radius 2 is 2.13 bits per heavy atom. The Hall–Kier alpha value is -2.98. The van der Waals surface area contributed by atoms with Gasteiger partial charge in [0.15, 0.2) is 0 Å². The number of rotatable bonds is 7. The molecule has 1 atom stereocenters. The number of hydrogen-bond donors (Lipinski definition) is 1. The minimum Gasteiger partial charge on any atom is -0.480 e. The van der Waals surface area contributed by atoms with Gasteiger partial charge in [0.25, 0.3) is 11.6 Å². The molecule has 156 valence electrons. The number of aryl methyl sites for hydroxylation is 1. The largest absolute Gasteiger partial charge is 0.480 e. The van der Waals surface area contributed by atoms with Gasteiger partial charge in [0.1, 0.15) is 21.9 Å². The lowest BCUT2D eigenvalue weighted by Gasteiger charge is -2.22. The number of carboxylic acids is 1. The van der Waals surface area contributed by atoms with Gasteiger partial charge in [-0.1, -0.05) is 43.4 Å². The lowest BCUT2D eigenvalue weighted by atomic mass is 10.1. The topological polar surface area (TPSA) is 114 Å². The maximum atomic E-state index is 12.8. The first-order chi connectivity index (χ1) is 14.2. The predicted molar refractivity (Wildman–Crippen MR) is 117 cm³/mol. The van der Waals surface area contributed by atoms with Crippen LogP contribution < -0.4 is 0 Å². The van der Waals surface area contributed by atoms with Crippen molar-refractivity contribution in [1.29, 1.82) is 0 Å². The second-order valence-electron chi connectivity index (χ2n) is 6.67. The lowest BCUT2D eigenvalue weighted by Crippen LogP contribution is -2.43. The molecule has 2 heterocycles. The fourth-order valence-corrected chi connectivity index (χ4v) is 4.43. The number of furan rings is 1. The molecule has 1 aliphatic heterocycles. The molecule has 0 radical (unpaired) electrons. The molecular weight excluding hydrogens is 428 g/mol. The van der Waals surface area contributed by atoms with Gasteiger partial charge in [-0.15, -0.1) is 0 Å². The zero-order valence-corrected chi connectivity index (χ0v) is 17.8. The summed E-state index contributed by atoms with van der Waals surface area (Å²) in [5.74, 6) is -1.01. The van der Waals surface area contributed by atoms with Crippen molar-refractivity contribution in [2.24, 2.45) is 0 Å². The molecule has 1 N–H and O–H groups in total. The van der Waals surface area contributed by atoms with Crippen LogP contribution in [0, 0.1) is 17.0 Å². The summed E-state index contributed by atoms with van der Waals surface area (Å²) < 4.78 is 5.89. The molecule has 10 heteroatoms. The summed E-state index contributed by atoms with van der Waals surface area (Å²) in [4.78, 5) is 36.5. The Morgan fingerprint density at radius 1 is 1.40 bits per heavy atom. The van der Waals surface area contributed by atoms with E-state index in [4.69, 9.17) is 16.6 Å². The summed E-state index contributed by atoms with van der Waals surface area (Å²) in [6.45, 7) is 3.59. The first-order valence-electron chi connectivity index (χ1n) is 9.08. The average molecular weight is 447 g/mol. The molecule has 0 unspecified atom stereocenters. The van der Waals surface area contributed by atoms with Gasteiger partial charge < -0.3 is 9.52 Å². The fourth-order valence-electron chi connectivity index (χ4n) is 3.09. The molecule has 30 heavy (non-hydrogen) atoms. The van der Waals surface area contributed by atoms with Gasteiger partial charge in [-0.05, 0) is 37.1 Å². The summed E-state index contributed by atoms with van der Waals surface area (Å²) in [7, 11) is 0. The molecule has 0 aliphatic carbocycles. The molecule has 0 bridgehead atoms. The van der Waals surface area contributed by atoms with E-state index < -0.39 is 22.8 Å². The van der Waals surface area contributed by atoms with Crippen molar-refractivity contribution in [3.63, 3.8) is 0 Å². The number of carboxylic acid groups (broad SMARTS) is 1. The number of nitro benzene ring substituents is 1. The highest BCUT2D eigenvalue weighted by Gasteiger charge is 2.40. The molecule has 1 fully saturated rings. The van der Waals surface area contributed by atoms with Crippen molar-refractivity contribution in [3.05, 3.63) is 56.7 Å². The summed E-state index contributed by atoms with van der Waals surface area (Å²) in [6, 6.07) is 6.97. The van der Waals surface area contributed by atoms with Crippen LogP contribution in [-0.4, -0.2) is 37.2 Å². The van der Waals surface area contributed by atoms with Gasteiger partial charge in [-0.2, -0.15) is 0 Å². The van der Waals surface area contributed by atoms with E-state index in [1.54, 1.807) is 31.2 Å². The zero-order valence-electron chi connectivity index (χ0n) is 16.2. The van der Waals surface area contributed by atoms with E-state index in [2.05, 4.69) is 0 Å². The number of thiocarbonyl (C=S) groups is 1. The van der Waals surface area contributed by atoms with E-state index in [-0.39, 0.29) is 27.1 Å². The van der Waals surface area contributed by atoms with Crippen LogP contribution in [0.5, 0.6) is 0 Å². The Balaban J connectivity index is 1.91. The van der Waals surface area contributed by atoms with Crippen molar-refractivity contribution in [3.8, 4) is 11.3 Å². The minimum absolute atomic E-state index is 0.0777. The van der Waals surface area contributed by atoms with Gasteiger partial charge in [0.05, 0.1) is 15.4 Å². The van der Waals surface area contributed by atoms with E-state index in [9.17, 15) is 24.8 Å². The Morgan fingerprint density at radius 3 is 2.77 bits per heavy atom. The van der Waals surface area contributed by atoms with E-state index in [0.29, 0.717) is 17.7 Å². The fraction of sp³-hybridized carbons (Fsp3) is 0.250. The number of aliphatic carboxylic acids is 1. The molecule has 1 aromatic carbocycles. The molecule has 1 saturated heterocycles. The van der Waals surface area contributed by atoms with Crippen LogP contribution in [0.3, 0.4) is 0 Å². The minimum atomic E-state index is -1.11. The van der Waals surface area contributed by atoms with E-state index in [1.807, 2.05) is 6.92 Å². The number of carbonyl (C=O) groups is 2. The first-order valence-corrected chi connectivity index (χ1v) is 10.3. The SMILES string of the molecule is CCC[C@H](C(=O)O)N1C(=O)/C(=C\c2ccc(-c3ccc(C)cc3[N+](=O)[O-])o2)SC1=S. The maximum absolute atomic E-state index is 12.8. The van der Waals surface area contributed by atoms with Crippen LogP contribution in [0.25, 0.3) is 17.4 Å². The smallest absolute Gasteiger partial charge is 0.326 e. The first kappa shape index (κ1) is 21.7. The number of carbonyl (C=O) groups excluding carboxylic acids is 1. The van der Waals surface area contributed by atoms with Crippen molar-refractivity contribution in [2.75, 3.05) is 0 Å². The van der Waals surface area contributed by atoms with Crippen molar-refractivity contribution >= 4 is 51.9 Å². The highest BCUT2D eigenvalue weighted by molar-refractivity contribution is 8.26. The highest BCUT2D eigenvalue weighted by atomic mass is 32.2. The third-order valence-corrected chi connectivity index (χ3v) is 5.83. The number of thioether (sulfide) groups is 1. The molecule has 1 amide bonds. The molecule has 8 nitrogen and oxygen atoms in total. The van der Waals surface area contributed by atoms with E-state index in [0.717, 1.165) is 22.2 Å². The molecule has 0 spiro atoms. The zero-order chi connectivity index (χ0) is 22.0. The standard InChI is InChI=1S/C20H18N2O6S2/c1-3-4-14(19(24)25)21-18(23)17(30-20(21)29)10-12-6-8-16(28-12)13-7-5-11(2)9-15(13)22(26)27/h5-10,14H,3-4H2,1-2H3,(H,24,25)/b17-10+/t14-/m1/s1. The second kappa shape index (κ2) is 8.80. The number of amides is 1. The van der Waals surface area contributed by atoms with Crippen LogP contribution in [0.2, 0.25) is 0 Å². The summed E-state index contributed by atoms with van der Waals surface area (Å²) in [5.41, 5.74) is 0.999. The quantitative estimate of drug-likeness (QED) is 0.284.